The highest BCUT2D eigenvalue weighted by Gasteiger charge is 2.40. The number of hydrogen-bond acceptors (Lipinski definition) is 3. The molecule has 0 radical (unpaired) electrons. The van der Waals surface area contributed by atoms with Gasteiger partial charge >= 0.3 is 7.60 Å². The van der Waals surface area contributed by atoms with Crippen LogP contribution >= 0.6 is 15.2 Å². The molecule has 0 saturated heterocycles. The molecule has 3 unspecified atom stereocenters. The third kappa shape index (κ3) is 9.98. The first-order valence-electron chi connectivity index (χ1n) is 9.46. The van der Waals surface area contributed by atoms with Gasteiger partial charge in [0.05, 0.1) is 0 Å². The van der Waals surface area contributed by atoms with Crippen LogP contribution in [0.2, 0.25) is 0 Å². The molecule has 1 heterocycles. The first-order chi connectivity index (χ1) is 12.4. The second-order valence-electron chi connectivity index (χ2n) is 7.86. The largest absolute Gasteiger partial charge is 0.778 e. The molecule has 0 spiro atoms. The van der Waals surface area contributed by atoms with Crippen LogP contribution in [-0.4, -0.2) is 20.1 Å². The molecule has 0 saturated carbocycles. The summed E-state index contributed by atoms with van der Waals surface area (Å²) in [6.45, 7) is 6.23. The molecule has 1 aromatic heterocycles. The number of pyridine rings is 1. The second kappa shape index (κ2) is 10.8. The number of aromatic nitrogens is 1. The lowest BCUT2D eigenvalue weighted by atomic mass is 9.95. The van der Waals surface area contributed by atoms with E-state index < -0.39 is 27.1 Å². The Balaban J connectivity index is 2.59. The van der Waals surface area contributed by atoms with Crippen molar-refractivity contribution in [2.75, 3.05) is 0 Å². The summed E-state index contributed by atoms with van der Waals surface area (Å²) < 4.78 is 24.1. The van der Waals surface area contributed by atoms with Gasteiger partial charge in [0.15, 0.2) is 31.9 Å². The molecular weight excluding hydrogens is 388 g/mol. The van der Waals surface area contributed by atoms with Crippen LogP contribution in [0.25, 0.3) is 0 Å². The van der Waals surface area contributed by atoms with E-state index in [-0.39, 0.29) is 0 Å². The molecule has 3 atom stereocenters. The van der Waals surface area contributed by atoms with Crippen molar-refractivity contribution in [2.24, 2.45) is 11.8 Å². The molecule has 3 N–H and O–H groups in total. The third-order valence-corrected chi connectivity index (χ3v) is 8.33. The predicted molar refractivity (Wildman–Crippen MR) is 103 cm³/mol. The SMILES string of the molecule is CC(C)CCCC(C)CCCc1ccc[n+](CC(P(=O)([O-])O)P(=O)(O)O)c1. The maximum Gasteiger partial charge on any atom is 0.343 e. The summed E-state index contributed by atoms with van der Waals surface area (Å²) in [5, 5.41) is -2.13. The fraction of sp³-hybridized carbons (Fsp3) is 0.722. The molecule has 156 valence electrons. The van der Waals surface area contributed by atoms with Crippen molar-refractivity contribution in [1.29, 1.82) is 0 Å². The number of rotatable bonds is 12. The highest BCUT2D eigenvalue weighted by atomic mass is 31.2. The minimum absolute atomic E-state index is 0.485. The van der Waals surface area contributed by atoms with E-state index in [1.165, 1.54) is 30.0 Å². The molecule has 27 heavy (non-hydrogen) atoms. The van der Waals surface area contributed by atoms with Gasteiger partial charge in [-0.05, 0) is 30.7 Å². The van der Waals surface area contributed by atoms with Gasteiger partial charge in [-0.1, -0.05) is 46.5 Å². The summed E-state index contributed by atoms with van der Waals surface area (Å²) in [6, 6.07) is 3.62. The van der Waals surface area contributed by atoms with E-state index in [2.05, 4.69) is 20.8 Å². The van der Waals surface area contributed by atoms with E-state index in [1.807, 2.05) is 6.07 Å². The van der Waals surface area contributed by atoms with Crippen molar-refractivity contribution in [2.45, 2.75) is 71.2 Å². The zero-order valence-corrected chi connectivity index (χ0v) is 18.2. The van der Waals surface area contributed by atoms with Gasteiger partial charge in [-0.3, -0.25) is 4.57 Å². The minimum Gasteiger partial charge on any atom is -0.778 e. The monoisotopic (exact) mass is 421 g/mol. The Morgan fingerprint density at radius 3 is 2.26 bits per heavy atom. The van der Waals surface area contributed by atoms with E-state index >= 15 is 0 Å². The predicted octanol–water partition coefficient (Wildman–Crippen LogP) is 2.81. The maximum absolute atomic E-state index is 11.4. The van der Waals surface area contributed by atoms with E-state index in [0.717, 1.165) is 30.7 Å². The van der Waals surface area contributed by atoms with Crippen molar-refractivity contribution in [1.82, 2.24) is 0 Å². The summed E-state index contributed by atoms with van der Waals surface area (Å²) >= 11 is 0. The van der Waals surface area contributed by atoms with Crippen molar-refractivity contribution in [3.05, 3.63) is 30.1 Å². The van der Waals surface area contributed by atoms with Crippen molar-refractivity contribution in [3.63, 3.8) is 0 Å². The van der Waals surface area contributed by atoms with Gasteiger partial charge in [-0.25, -0.2) is 4.57 Å². The summed E-state index contributed by atoms with van der Waals surface area (Å²) in [7, 11) is -10.1. The van der Waals surface area contributed by atoms with Crippen LogP contribution in [0.3, 0.4) is 0 Å². The van der Waals surface area contributed by atoms with E-state index in [0.29, 0.717) is 5.92 Å². The Bertz CT molecular complexity index is 648. The Labute approximate surface area is 162 Å². The molecule has 1 aromatic rings. The Hall–Kier alpha value is -0.550. The zero-order chi connectivity index (χ0) is 20.7. The first-order valence-corrected chi connectivity index (χ1v) is 12.8. The standard InChI is InChI=1S/C18H33NO6P2/c1-15(2)7-4-8-16(3)9-5-10-17-11-6-12-19(13-17)14-18(26(20,21)22)27(23,24)25/h6,11-13,15-16,18H,4-5,7-10,14H2,1-3H3,(H3-,20,21,22,23,24,25). The summed E-state index contributed by atoms with van der Waals surface area (Å²) in [5.41, 5.74) is 0.968. The van der Waals surface area contributed by atoms with Gasteiger partial charge in [-0.2, -0.15) is 0 Å². The quantitative estimate of drug-likeness (QED) is 0.352. The average Bonchev–Trinajstić information content (AvgIpc) is 2.50. The Morgan fingerprint density at radius 2 is 1.70 bits per heavy atom. The van der Waals surface area contributed by atoms with Crippen LogP contribution in [-0.2, 0) is 22.1 Å². The number of nitrogens with zero attached hydrogens (tertiary/aromatic N) is 1. The minimum atomic E-state index is -5.16. The highest BCUT2D eigenvalue weighted by Crippen LogP contribution is 2.57. The molecule has 9 heteroatoms. The molecule has 0 aliphatic carbocycles. The van der Waals surface area contributed by atoms with E-state index in [1.54, 1.807) is 12.3 Å². The van der Waals surface area contributed by atoms with Gasteiger partial charge in [0.1, 0.15) is 0 Å². The molecule has 0 fully saturated rings. The number of aryl methyl sites for hydroxylation is 1. The van der Waals surface area contributed by atoms with Crippen LogP contribution in [0.4, 0.5) is 0 Å². The maximum atomic E-state index is 11.4. The molecule has 0 amide bonds. The van der Waals surface area contributed by atoms with Crippen molar-refractivity contribution >= 4 is 15.2 Å². The van der Waals surface area contributed by atoms with Gasteiger partial charge in [0, 0.05) is 11.6 Å². The lowest BCUT2D eigenvalue weighted by molar-refractivity contribution is -0.695. The third-order valence-electron chi connectivity index (χ3n) is 4.70. The lowest BCUT2D eigenvalue weighted by Gasteiger charge is -2.25. The molecule has 0 aliphatic heterocycles. The average molecular weight is 421 g/mol. The fourth-order valence-electron chi connectivity index (χ4n) is 3.10. The summed E-state index contributed by atoms with van der Waals surface area (Å²) in [4.78, 5) is 38.9. The van der Waals surface area contributed by atoms with Gasteiger partial charge in [-0.15, -0.1) is 0 Å². The molecule has 1 rings (SSSR count). The lowest BCUT2D eigenvalue weighted by Crippen LogP contribution is -2.40. The van der Waals surface area contributed by atoms with Crippen LogP contribution in [0, 0.1) is 11.8 Å². The van der Waals surface area contributed by atoms with Crippen molar-refractivity contribution < 1.29 is 33.3 Å². The van der Waals surface area contributed by atoms with Crippen LogP contribution in [0.15, 0.2) is 24.5 Å². The van der Waals surface area contributed by atoms with Gasteiger partial charge in [0.2, 0.25) is 0 Å². The van der Waals surface area contributed by atoms with Gasteiger partial charge in [0.25, 0.3) is 0 Å². The van der Waals surface area contributed by atoms with Gasteiger partial charge < -0.3 is 24.1 Å². The van der Waals surface area contributed by atoms with Crippen LogP contribution < -0.4 is 9.46 Å². The smallest absolute Gasteiger partial charge is 0.343 e. The molecule has 0 aliphatic rings. The molecule has 0 bridgehead atoms. The normalized spacial score (nSPS) is 16.9. The van der Waals surface area contributed by atoms with Crippen molar-refractivity contribution in [3.8, 4) is 0 Å². The van der Waals surface area contributed by atoms with Crippen LogP contribution in [0.1, 0.15) is 58.4 Å². The van der Waals surface area contributed by atoms with Crippen LogP contribution in [0.5, 0.6) is 0 Å². The Morgan fingerprint density at radius 1 is 1.07 bits per heavy atom. The summed E-state index contributed by atoms with van der Waals surface area (Å²) in [5.74, 6) is 1.39. The van der Waals surface area contributed by atoms with E-state index in [9.17, 15) is 23.8 Å². The zero-order valence-electron chi connectivity index (χ0n) is 16.4. The first kappa shape index (κ1) is 24.5. The Kier molecular flexibility index (Phi) is 9.84. The highest BCUT2D eigenvalue weighted by molar-refractivity contribution is 7.70. The summed E-state index contributed by atoms with van der Waals surface area (Å²) in [6.07, 6.45) is 9.83. The van der Waals surface area contributed by atoms with E-state index in [4.69, 9.17) is 4.89 Å². The fourth-order valence-corrected chi connectivity index (χ4v) is 5.42. The molecule has 7 nitrogen and oxygen atoms in total. The molecule has 0 aromatic carbocycles. The topological polar surface area (TPSA) is 122 Å². The number of hydrogen-bond donors (Lipinski definition) is 3. The second-order valence-corrected chi connectivity index (χ2v) is 11.8. The molecular formula is C18H33NO6P2.